The van der Waals surface area contributed by atoms with Crippen molar-refractivity contribution in [1.29, 1.82) is 0 Å². The summed E-state index contributed by atoms with van der Waals surface area (Å²) >= 11 is 3.55. The van der Waals surface area contributed by atoms with Crippen molar-refractivity contribution in [1.82, 2.24) is 4.98 Å². The average molecular weight is 295 g/mol. The second-order valence-corrected chi connectivity index (χ2v) is 5.34. The van der Waals surface area contributed by atoms with Gasteiger partial charge in [-0.2, -0.15) is 0 Å². The molecule has 90 valence electrons. The standard InChI is InChI=1S/C13H15BrN2O/c14-10-7-9-1-4-15-13(9)12(8-10)16-11-2-5-17-6-3-11/h1,4,7-8,11,15-16H,2-3,5-6H2. The van der Waals surface area contributed by atoms with Gasteiger partial charge in [0.15, 0.2) is 0 Å². The van der Waals surface area contributed by atoms with E-state index in [2.05, 4.69) is 44.4 Å². The van der Waals surface area contributed by atoms with E-state index in [1.807, 2.05) is 6.20 Å². The maximum absolute atomic E-state index is 5.38. The molecule has 2 N–H and O–H groups in total. The van der Waals surface area contributed by atoms with Gasteiger partial charge in [0, 0.05) is 35.3 Å². The van der Waals surface area contributed by atoms with E-state index in [0.717, 1.165) is 30.5 Å². The van der Waals surface area contributed by atoms with Gasteiger partial charge in [0.1, 0.15) is 0 Å². The van der Waals surface area contributed by atoms with Crippen molar-refractivity contribution in [2.45, 2.75) is 18.9 Å². The predicted molar refractivity (Wildman–Crippen MR) is 73.5 cm³/mol. The number of hydrogen-bond acceptors (Lipinski definition) is 2. The van der Waals surface area contributed by atoms with Crippen LogP contribution in [0.5, 0.6) is 0 Å². The minimum Gasteiger partial charge on any atom is -0.381 e. The van der Waals surface area contributed by atoms with Crippen LogP contribution in [-0.4, -0.2) is 24.2 Å². The molecule has 0 saturated carbocycles. The molecule has 1 fully saturated rings. The highest BCUT2D eigenvalue weighted by molar-refractivity contribution is 9.10. The molecule has 0 radical (unpaired) electrons. The molecular formula is C13H15BrN2O. The van der Waals surface area contributed by atoms with Gasteiger partial charge in [-0.3, -0.25) is 0 Å². The number of aromatic nitrogens is 1. The third kappa shape index (κ3) is 2.33. The average Bonchev–Trinajstić information content (AvgIpc) is 2.78. The lowest BCUT2D eigenvalue weighted by atomic mass is 10.1. The summed E-state index contributed by atoms with van der Waals surface area (Å²) in [6.07, 6.45) is 4.13. The number of aromatic amines is 1. The lowest BCUT2D eigenvalue weighted by Gasteiger charge is -2.24. The summed E-state index contributed by atoms with van der Waals surface area (Å²) in [4.78, 5) is 3.29. The first-order valence-corrected chi connectivity index (χ1v) is 6.73. The summed E-state index contributed by atoms with van der Waals surface area (Å²) in [6.45, 7) is 1.72. The summed E-state index contributed by atoms with van der Waals surface area (Å²) in [5.74, 6) is 0. The van der Waals surface area contributed by atoms with E-state index >= 15 is 0 Å². The van der Waals surface area contributed by atoms with Crippen molar-refractivity contribution in [2.24, 2.45) is 0 Å². The molecule has 3 rings (SSSR count). The van der Waals surface area contributed by atoms with Crippen LogP contribution in [0.3, 0.4) is 0 Å². The highest BCUT2D eigenvalue weighted by Gasteiger charge is 2.15. The van der Waals surface area contributed by atoms with Gasteiger partial charge in [-0.1, -0.05) is 15.9 Å². The second kappa shape index (κ2) is 4.70. The van der Waals surface area contributed by atoms with Gasteiger partial charge in [-0.05, 0) is 31.0 Å². The van der Waals surface area contributed by atoms with Gasteiger partial charge in [0.2, 0.25) is 0 Å². The maximum Gasteiger partial charge on any atom is 0.0690 e. The van der Waals surface area contributed by atoms with Gasteiger partial charge < -0.3 is 15.0 Å². The molecular weight excluding hydrogens is 280 g/mol. The Kier molecular flexibility index (Phi) is 3.07. The van der Waals surface area contributed by atoms with Crippen molar-refractivity contribution in [3.8, 4) is 0 Å². The van der Waals surface area contributed by atoms with Crippen molar-refractivity contribution < 1.29 is 4.74 Å². The Balaban J connectivity index is 1.90. The number of fused-ring (bicyclic) bond motifs is 1. The maximum atomic E-state index is 5.38. The molecule has 0 amide bonds. The Morgan fingerprint density at radius 3 is 2.94 bits per heavy atom. The zero-order valence-corrected chi connectivity index (χ0v) is 11.1. The molecule has 0 spiro atoms. The van der Waals surface area contributed by atoms with Gasteiger partial charge >= 0.3 is 0 Å². The van der Waals surface area contributed by atoms with Crippen LogP contribution < -0.4 is 5.32 Å². The van der Waals surface area contributed by atoms with E-state index in [4.69, 9.17) is 4.74 Å². The van der Waals surface area contributed by atoms with Gasteiger partial charge in [-0.15, -0.1) is 0 Å². The minimum atomic E-state index is 0.518. The lowest BCUT2D eigenvalue weighted by Crippen LogP contribution is -2.27. The van der Waals surface area contributed by atoms with E-state index in [9.17, 15) is 0 Å². The Morgan fingerprint density at radius 2 is 2.12 bits per heavy atom. The highest BCUT2D eigenvalue weighted by atomic mass is 79.9. The van der Waals surface area contributed by atoms with Gasteiger partial charge in [0.25, 0.3) is 0 Å². The number of anilines is 1. The second-order valence-electron chi connectivity index (χ2n) is 4.43. The van der Waals surface area contributed by atoms with Crippen LogP contribution in [-0.2, 0) is 4.74 Å². The van der Waals surface area contributed by atoms with E-state index in [1.165, 1.54) is 16.6 Å². The fraction of sp³-hybridized carbons (Fsp3) is 0.385. The molecule has 1 aliphatic heterocycles. The highest BCUT2D eigenvalue weighted by Crippen LogP contribution is 2.28. The number of hydrogen-bond donors (Lipinski definition) is 2. The largest absolute Gasteiger partial charge is 0.381 e. The first kappa shape index (κ1) is 11.1. The number of rotatable bonds is 2. The lowest BCUT2D eigenvalue weighted by molar-refractivity contribution is 0.0905. The molecule has 2 heterocycles. The number of H-pyrrole nitrogens is 1. The van der Waals surface area contributed by atoms with Crippen LogP contribution in [0.1, 0.15) is 12.8 Å². The normalized spacial score (nSPS) is 17.5. The van der Waals surface area contributed by atoms with E-state index in [0.29, 0.717) is 6.04 Å². The summed E-state index contributed by atoms with van der Waals surface area (Å²) in [5, 5.41) is 4.84. The molecule has 2 aromatic rings. The van der Waals surface area contributed by atoms with Crippen LogP contribution in [0, 0.1) is 0 Å². The molecule has 0 unspecified atom stereocenters. The van der Waals surface area contributed by atoms with E-state index < -0.39 is 0 Å². The monoisotopic (exact) mass is 294 g/mol. The van der Waals surface area contributed by atoms with Crippen LogP contribution in [0.4, 0.5) is 5.69 Å². The number of nitrogens with one attached hydrogen (secondary N) is 2. The fourth-order valence-corrected chi connectivity index (χ4v) is 2.79. The molecule has 1 aromatic heterocycles. The van der Waals surface area contributed by atoms with Crippen molar-refractivity contribution in [2.75, 3.05) is 18.5 Å². The molecule has 4 heteroatoms. The SMILES string of the molecule is Brc1cc(NC2CCOCC2)c2[nH]ccc2c1. The smallest absolute Gasteiger partial charge is 0.0690 e. The Morgan fingerprint density at radius 1 is 1.29 bits per heavy atom. The van der Waals surface area contributed by atoms with Gasteiger partial charge in [-0.25, -0.2) is 0 Å². The topological polar surface area (TPSA) is 37.0 Å². The van der Waals surface area contributed by atoms with E-state index in [-0.39, 0.29) is 0 Å². The van der Waals surface area contributed by atoms with Gasteiger partial charge in [0.05, 0.1) is 11.2 Å². The third-order valence-corrected chi connectivity index (χ3v) is 3.66. The zero-order valence-electron chi connectivity index (χ0n) is 9.50. The number of ether oxygens (including phenoxy) is 1. The first-order chi connectivity index (χ1) is 8.33. The number of halogens is 1. The third-order valence-electron chi connectivity index (χ3n) is 3.21. The Labute approximate surface area is 109 Å². The van der Waals surface area contributed by atoms with Crippen molar-refractivity contribution in [3.05, 3.63) is 28.9 Å². The Hall–Kier alpha value is -1.00. The molecule has 3 nitrogen and oxygen atoms in total. The van der Waals surface area contributed by atoms with Crippen LogP contribution >= 0.6 is 15.9 Å². The molecule has 1 aromatic carbocycles. The molecule has 0 aliphatic carbocycles. The molecule has 1 aliphatic rings. The number of benzene rings is 1. The van der Waals surface area contributed by atoms with Crippen molar-refractivity contribution >= 4 is 32.5 Å². The first-order valence-electron chi connectivity index (χ1n) is 5.94. The summed E-state index contributed by atoms with van der Waals surface area (Å²) in [7, 11) is 0. The summed E-state index contributed by atoms with van der Waals surface area (Å²) in [5.41, 5.74) is 2.35. The fourth-order valence-electron chi connectivity index (χ4n) is 2.31. The minimum absolute atomic E-state index is 0.518. The zero-order chi connectivity index (χ0) is 11.7. The quantitative estimate of drug-likeness (QED) is 0.889. The van der Waals surface area contributed by atoms with E-state index in [1.54, 1.807) is 0 Å². The molecule has 0 bridgehead atoms. The molecule has 0 atom stereocenters. The Bertz CT molecular complexity index is 517. The molecule has 1 saturated heterocycles. The van der Waals surface area contributed by atoms with Crippen LogP contribution in [0.2, 0.25) is 0 Å². The van der Waals surface area contributed by atoms with Crippen molar-refractivity contribution in [3.63, 3.8) is 0 Å². The summed E-state index contributed by atoms with van der Waals surface area (Å²) < 4.78 is 6.49. The van der Waals surface area contributed by atoms with Crippen LogP contribution in [0.15, 0.2) is 28.9 Å². The van der Waals surface area contributed by atoms with Crippen LogP contribution in [0.25, 0.3) is 10.9 Å². The molecule has 17 heavy (non-hydrogen) atoms. The summed E-state index contributed by atoms with van der Waals surface area (Å²) in [6, 6.07) is 6.87. The predicted octanol–water partition coefficient (Wildman–Crippen LogP) is 3.52.